The number of halogens is 1. The lowest BCUT2D eigenvalue weighted by molar-refractivity contribution is 0.393. The van der Waals surface area contributed by atoms with Crippen LogP contribution in [-0.2, 0) is 0 Å². The van der Waals surface area contributed by atoms with Crippen molar-refractivity contribution in [2.45, 2.75) is 12.8 Å². The van der Waals surface area contributed by atoms with Gasteiger partial charge in [-0.15, -0.1) is 0 Å². The zero-order valence-electron chi connectivity index (χ0n) is 8.80. The first-order valence-corrected chi connectivity index (χ1v) is 5.55. The van der Waals surface area contributed by atoms with Crippen molar-refractivity contribution in [3.8, 4) is 0 Å². The Labute approximate surface area is 89.9 Å². The van der Waals surface area contributed by atoms with E-state index >= 15 is 0 Å². The lowest BCUT2D eigenvalue weighted by Gasteiger charge is -2.23. The van der Waals surface area contributed by atoms with Crippen LogP contribution in [0.4, 0.5) is 10.1 Å². The number of hydrogen-bond donors (Lipinski definition) is 2. The minimum absolute atomic E-state index is 0.181. The van der Waals surface area contributed by atoms with Gasteiger partial charge in [0.2, 0.25) is 0 Å². The van der Waals surface area contributed by atoms with Crippen LogP contribution >= 0.6 is 0 Å². The SMILES string of the molecule is Fc1ccc(NCC2CCCNC2)cc1. The van der Waals surface area contributed by atoms with Gasteiger partial charge in [0.05, 0.1) is 0 Å². The average molecular weight is 208 g/mol. The van der Waals surface area contributed by atoms with E-state index in [1.807, 2.05) is 0 Å². The summed E-state index contributed by atoms with van der Waals surface area (Å²) >= 11 is 0. The van der Waals surface area contributed by atoms with Gasteiger partial charge in [0.15, 0.2) is 0 Å². The number of rotatable bonds is 3. The van der Waals surface area contributed by atoms with E-state index in [1.54, 1.807) is 12.1 Å². The Morgan fingerprint density at radius 3 is 2.80 bits per heavy atom. The summed E-state index contributed by atoms with van der Waals surface area (Å²) in [6.45, 7) is 3.21. The third kappa shape index (κ3) is 3.20. The van der Waals surface area contributed by atoms with Crippen molar-refractivity contribution in [2.75, 3.05) is 25.0 Å². The number of anilines is 1. The summed E-state index contributed by atoms with van der Waals surface area (Å²) in [5.41, 5.74) is 1.00. The van der Waals surface area contributed by atoms with Crippen LogP contribution in [-0.4, -0.2) is 19.6 Å². The van der Waals surface area contributed by atoms with Crippen molar-refractivity contribution in [2.24, 2.45) is 5.92 Å². The van der Waals surface area contributed by atoms with Crippen LogP contribution in [0.2, 0.25) is 0 Å². The molecule has 0 spiro atoms. The number of nitrogens with one attached hydrogen (secondary N) is 2. The van der Waals surface area contributed by atoms with Crippen LogP contribution in [0.5, 0.6) is 0 Å². The summed E-state index contributed by atoms with van der Waals surface area (Å²) in [7, 11) is 0. The maximum absolute atomic E-state index is 12.6. The molecule has 1 heterocycles. The maximum atomic E-state index is 12.6. The molecule has 2 rings (SSSR count). The first kappa shape index (κ1) is 10.4. The van der Waals surface area contributed by atoms with E-state index in [1.165, 1.54) is 25.0 Å². The quantitative estimate of drug-likeness (QED) is 0.796. The van der Waals surface area contributed by atoms with Gasteiger partial charge < -0.3 is 10.6 Å². The first-order valence-electron chi connectivity index (χ1n) is 5.55. The van der Waals surface area contributed by atoms with E-state index in [9.17, 15) is 4.39 Å². The zero-order valence-corrected chi connectivity index (χ0v) is 8.80. The minimum atomic E-state index is -0.181. The van der Waals surface area contributed by atoms with Crippen LogP contribution in [0.15, 0.2) is 24.3 Å². The Balaban J connectivity index is 1.79. The van der Waals surface area contributed by atoms with Gasteiger partial charge in [-0.1, -0.05) is 0 Å². The molecule has 1 atom stereocenters. The van der Waals surface area contributed by atoms with Gasteiger partial charge in [0, 0.05) is 12.2 Å². The van der Waals surface area contributed by atoms with E-state index < -0.39 is 0 Å². The van der Waals surface area contributed by atoms with Gasteiger partial charge in [0.1, 0.15) is 5.82 Å². The lowest BCUT2D eigenvalue weighted by Crippen LogP contribution is -2.33. The second-order valence-electron chi connectivity index (χ2n) is 4.10. The molecule has 2 N–H and O–H groups in total. The molecule has 1 aliphatic rings. The van der Waals surface area contributed by atoms with E-state index in [4.69, 9.17) is 0 Å². The molecule has 1 saturated heterocycles. The molecule has 1 unspecified atom stereocenters. The number of hydrogen-bond acceptors (Lipinski definition) is 2. The van der Waals surface area contributed by atoms with Gasteiger partial charge >= 0.3 is 0 Å². The molecule has 0 saturated carbocycles. The van der Waals surface area contributed by atoms with Crippen LogP contribution in [0.1, 0.15) is 12.8 Å². The molecule has 0 amide bonds. The van der Waals surface area contributed by atoms with Crippen molar-refractivity contribution in [3.63, 3.8) is 0 Å². The topological polar surface area (TPSA) is 24.1 Å². The average Bonchev–Trinajstić information content (AvgIpc) is 2.30. The first-order chi connectivity index (χ1) is 7.34. The Kier molecular flexibility index (Phi) is 3.56. The summed E-state index contributed by atoms with van der Waals surface area (Å²) < 4.78 is 12.6. The third-order valence-electron chi connectivity index (χ3n) is 2.84. The van der Waals surface area contributed by atoms with Crippen LogP contribution in [0.3, 0.4) is 0 Å². The Hall–Kier alpha value is -1.09. The van der Waals surface area contributed by atoms with Gasteiger partial charge in [-0.3, -0.25) is 0 Å². The molecule has 1 aromatic rings. The zero-order chi connectivity index (χ0) is 10.5. The van der Waals surface area contributed by atoms with Gasteiger partial charge in [-0.2, -0.15) is 0 Å². The Morgan fingerprint density at radius 1 is 1.33 bits per heavy atom. The lowest BCUT2D eigenvalue weighted by atomic mass is 10.00. The molecule has 0 aromatic heterocycles. The molecule has 1 aromatic carbocycles. The smallest absolute Gasteiger partial charge is 0.123 e. The highest BCUT2D eigenvalue weighted by Gasteiger charge is 2.11. The standard InChI is InChI=1S/C12H17FN2/c13-11-3-5-12(6-4-11)15-9-10-2-1-7-14-8-10/h3-6,10,14-15H,1-2,7-9H2. The second-order valence-corrected chi connectivity index (χ2v) is 4.10. The van der Waals surface area contributed by atoms with Crippen LogP contribution < -0.4 is 10.6 Å². The summed E-state index contributed by atoms with van der Waals surface area (Å²) in [5, 5.41) is 6.72. The van der Waals surface area contributed by atoms with E-state index in [-0.39, 0.29) is 5.82 Å². The maximum Gasteiger partial charge on any atom is 0.123 e. The fourth-order valence-electron chi connectivity index (χ4n) is 1.93. The van der Waals surface area contributed by atoms with Crippen molar-refractivity contribution in [3.05, 3.63) is 30.1 Å². The minimum Gasteiger partial charge on any atom is -0.385 e. The normalized spacial score (nSPS) is 21.3. The van der Waals surface area contributed by atoms with E-state index in [0.29, 0.717) is 5.92 Å². The van der Waals surface area contributed by atoms with Crippen LogP contribution in [0, 0.1) is 11.7 Å². The predicted molar refractivity (Wildman–Crippen MR) is 60.5 cm³/mol. The predicted octanol–water partition coefficient (Wildman–Crippen LogP) is 2.24. The highest BCUT2D eigenvalue weighted by atomic mass is 19.1. The summed E-state index contributed by atoms with van der Waals surface area (Å²) in [5.74, 6) is 0.517. The van der Waals surface area contributed by atoms with Crippen molar-refractivity contribution in [1.82, 2.24) is 5.32 Å². The fourth-order valence-corrected chi connectivity index (χ4v) is 1.93. The molecule has 15 heavy (non-hydrogen) atoms. The molecule has 1 fully saturated rings. The van der Waals surface area contributed by atoms with Crippen molar-refractivity contribution >= 4 is 5.69 Å². The fraction of sp³-hybridized carbons (Fsp3) is 0.500. The number of piperidine rings is 1. The van der Waals surface area contributed by atoms with Crippen molar-refractivity contribution < 1.29 is 4.39 Å². The molecular weight excluding hydrogens is 191 g/mol. The van der Waals surface area contributed by atoms with E-state index in [0.717, 1.165) is 25.3 Å². The molecular formula is C12H17FN2. The monoisotopic (exact) mass is 208 g/mol. The Bertz CT molecular complexity index is 291. The molecule has 0 radical (unpaired) electrons. The molecule has 1 aliphatic heterocycles. The largest absolute Gasteiger partial charge is 0.385 e. The van der Waals surface area contributed by atoms with Crippen LogP contribution in [0.25, 0.3) is 0 Å². The van der Waals surface area contributed by atoms with Crippen molar-refractivity contribution in [1.29, 1.82) is 0 Å². The summed E-state index contributed by atoms with van der Waals surface area (Å²) in [4.78, 5) is 0. The molecule has 0 aliphatic carbocycles. The van der Waals surface area contributed by atoms with E-state index in [2.05, 4.69) is 10.6 Å². The van der Waals surface area contributed by atoms with Gasteiger partial charge in [-0.25, -0.2) is 4.39 Å². The van der Waals surface area contributed by atoms with Gasteiger partial charge in [-0.05, 0) is 56.1 Å². The summed E-state index contributed by atoms with van der Waals surface area (Å²) in [6.07, 6.45) is 2.54. The summed E-state index contributed by atoms with van der Waals surface area (Å²) in [6, 6.07) is 6.54. The molecule has 3 heteroatoms. The second kappa shape index (κ2) is 5.12. The molecule has 0 bridgehead atoms. The highest BCUT2D eigenvalue weighted by Crippen LogP contribution is 2.13. The molecule has 2 nitrogen and oxygen atoms in total. The number of benzene rings is 1. The Morgan fingerprint density at radius 2 is 2.13 bits per heavy atom. The van der Waals surface area contributed by atoms with Gasteiger partial charge in [0.25, 0.3) is 0 Å². The molecule has 82 valence electrons. The third-order valence-corrected chi connectivity index (χ3v) is 2.84. The highest BCUT2D eigenvalue weighted by molar-refractivity contribution is 5.42.